The van der Waals surface area contributed by atoms with Crippen LogP contribution in [-0.4, -0.2) is 41.3 Å². The first kappa shape index (κ1) is 23.3. The maximum absolute atomic E-state index is 13.6. The van der Waals surface area contributed by atoms with Crippen LogP contribution in [0.5, 0.6) is 5.75 Å². The van der Waals surface area contributed by atoms with Crippen LogP contribution < -0.4 is 10.1 Å². The second-order valence-electron chi connectivity index (χ2n) is 5.86. The molecule has 0 aliphatic heterocycles. The minimum atomic E-state index is -2.36. The number of amides is 1. The summed E-state index contributed by atoms with van der Waals surface area (Å²) in [7, 11) is 0.135. The van der Waals surface area contributed by atoms with E-state index in [2.05, 4.69) is 10.1 Å². The summed E-state index contributed by atoms with van der Waals surface area (Å²) in [5.74, 6) is -14.8. The van der Waals surface area contributed by atoms with Gasteiger partial charge < -0.3 is 24.0 Å². The van der Waals surface area contributed by atoms with E-state index in [0.29, 0.717) is 0 Å². The number of carbonyl (C=O) groups excluding carboxylic acids is 1. The molecule has 1 N–H and O–H groups in total. The molecule has 1 aromatic carbocycles. The molecule has 0 radical (unpaired) electrons. The van der Waals surface area contributed by atoms with Crippen LogP contribution in [0.25, 0.3) is 0 Å². The van der Waals surface area contributed by atoms with Gasteiger partial charge in [-0.25, -0.2) is 18.0 Å². The maximum atomic E-state index is 13.6. The van der Waals surface area contributed by atoms with Crippen LogP contribution in [0.1, 0.15) is 27.7 Å². The molecule has 0 saturated carbocycles. The molecule has 0 heterocycles. The molecule has 1 aromatic rings. The molecular formula is C15H20F5NO5Si. The summed E-state index contributed by atoms with van der Waals surface area (Å²) < 4.78 is 86.9. The van der Waals surface area contributed by atoms with Crippen LogP contribution in [0.3, 0.4) is 0 Å². The monoisotopic (exact) mass is 417 g/mol. The molecule has 0 aliphatic rings. The maximum Gasteiger partial charge on any atom is 0.413 e. The molecule has 0 spiro atoms. The van der Waals surface area contributed by atoms with Crippen molar-refractivity contribution in [3.05, 3.63) is 29.1 Å². The first-order valence-corrected chi connectivity index (χ1v) is 8.63. The molecule has 0 unspecified atom stereocenters. The van der Waals surface area contributed by atoms with E-state index in [1.807, 2.05) is 0 Å². The van der Waals surface area contributed by atoms with E-state index in [4.69, 9.17) is 13.9 Å². The van der Waals surface area contributed by atoms with Crippen LogP contribution >= 0.6 is 0 Å². The van der Waals surface area contributed by atoms with Crippen molar-refractivity contribution in [2.24, 2.45) is 0 Å². The van der Waals surface area contributed by atoms with Gasteiger partial charge in [0.1, 0.15) is 6.54 Å². The Balaban J connectivity index is 2.96. The van der Waals surface area contributed by atoms with Gasteiger partial charge >= 0.3 is 6.09 Å². The quantitative estimate of drug-likeness (QED) is 0.231. The molecule has 0 aliphatic carbocycles. The lowest BCUT2D eigenvalue weighted by molar-refractivity contribution is -0.361. The summed E-state index contributed by atoms with van der Waals surface area (Å²) in [6.45, 7) is 6.22. The summed E-state index contributed by atoms with van der Waals surface area (Å²) in [4.78, 5) is 11.8. The Kier molecular flexibility index (Phi) is 8.14. The van der Waals surface area contributed by atoms with Crippen LogP contribution in [0.4, 0.5) is 26.7 Å². The Labute approximate surface area is 155 Å². The lowest BCUT2D eigenvalue weighted by Crippen LogP contribution is -2.52. The van der Waals surface area contributed by atoms with Crippen molar-refractivity contribution < 1.29 is 45.4 Å². The van der Waals surface area contributed by atoms with Gasteiger partial charge in [0, 0.05) is 0 Å². The largest absolute Gasteiger partial charge is 0.413 e. The molecule has 27 heavy (non-hydrogen) atoms. The lowest BCUT2D eigenvalue weighted by Gasteiger charge is -2.35. The van der Waals surface area contributed by atoms with Gasteiger partial charge in [0.05, 0.1) is 12.2 Å². The molecule has 0 aromatic heterocycles. The smallest absolute Gasteiger partial charge is 0.404 e. The third kappa shape index (κ3) is 5.86. The van der Waals surface area contributed by atoms with Crippen LogP contribution in [0, 0.1) is 29.1 Å². The molecule has 0 saturated heterocycles. The fourth-order valence-corrected chi connectivity index (χ4v) is 2.32. The van der Waals surface area contributed by atoms with E-state index in [1.54, 1.807) is 27.7 Å². The number of hydrogen-bond acceptors (Lipinski definition) is 5. The Hall–Kier alpha value is -1.76. The summed E-state index contributed by atoms with van der Waals surface area (Å²) in [5.41, 5.74) is 0. The summed E-state index contributed by atoms with van der Waals surface area (Å²) >= 11 is 0. The zero-order valence-electron chi connectivity index (χ0n) is 15.3. The predicted octanol–water partition coefficient (Wildman–Crippen LogP) is 2.27. The van der Waals surface area contributed by atoms with Crippen LogP contribution in [-0.2, 0) is 13.9 Å². The average Bonchev–Trinajstić information content (AvgIpc) is 2.59. The Morgan fingerprint density at radius 3 is 1.70 bits per heavy atom. The van der Waals surface area contributed by atoms with Crippen molar-refractivity contribution in [1.29, 1.82) is 0 Å². The predicted molar refractivity (Wildman–Crippen MR) is 86.5 cm³/mol. The van der Waals surface area contributed by atoms with Gasteiger partial charge in [0.15, 0.2) is 10.5 Å². The van der Waals surface area contributed by atoms with Gasteiger partial charge in [0.25, 0.3) is 5.97 Å². The van der Waals surface area contributed by atoms with E-state index in [0.717, 1.165) is 0 Å². The lowest BCUT2D eigenvalue weighted by atomic mass is 10.2. The van der Waals surface area contributed by atoms with Crippen molar-refractivity contribution >= 4 is 16.6 Å². The molecule has 0 fully saturated rings. The fraction of sp³-hybridized carbons (Fsp3) is 0.533. The highest BCUT2D eigenvalue weighted by molar-refractivity contribution is 5.98. The van der Waals surface area contributed by atoms with Gasteiger partial charge in [-0.05, 0) is 27.7 Å². The van der Waals surface area contributed by atoms with Crippen molar-refractivity contribution in [3.63, 3.8) is 0 Å². The zero-order chi connectivity index (χ0) is 20.9. The summed E-state index contributed by atoms with van der Waals surface area (Å²) in [6.07, 6.45) is -2.27. The minimum absolute atomic E-state index is 0.135. The molecule has 1 amide bonds. The van der Waals surface area contributed by atoms with Gasteiger partial charge in [0.2, 0.25) is 34.8 Å². The van der Waals surface area contributed by atoms with E-state index in [-0.39, 0.29) is 22.7 Å². The van der Waals surface area contributed by atoms with E-state index >= 15 is 0 Å². The topological polar surface area (TPSA) is 66.0 Å². The van der Waals surface area contributed by atoms with Crippen LogP contribution in [0.15, 0.2) is 0 Å². The average molecular weight is 417 g/mol. The van der Waals surface area contributed by atoms with Gasteiger partial charge in [-0.1, -0.05) is 0 Å². The Morgan fingerprint density at radius 2 is 1.33 bits per heavy atom. The Morgan fingerprint density at radius 1 is 0.926 bits per heavy atom. The molecule has 154 valence electrons. The van der Waals surface area contributed by atoms with E-state index in [9.17, 15) is 26.7 Å². The van der Waals surface area contributed by atoms with Gasteiger partial charge in [-0.3, -0.25) is 0 Å². The van der Waals surface area contributed by atoms with Gasteiger partial charge in [-0.2, -0.15) is 8.78 Å². The molecule has 0 bridgehead atoms. The highest BCUT2D eigenvalue weighted by atomic mass is 28.2. The second-order valence-corrected chi connectivity index (χ2v) is 6.27. The highest BCUT2D eigenvalue weighted by Crippen LogP contribution is 2.29. The number of rotatable bonds is 8. The molecule has 1 rings (SSSR count). The normalized spacial score (nSPS) is 12.1. The third-order valence-corrected chi connectivity index (χ3v) is 3.58. The first-order chi connectivity index (χ1) is 12.4. The first-order valence-electron chi connectivity index (χ1n) is 7.82. The zero-order valence-corrected chi connectivity index (χ0v) is 17.3. The molecule has 0 atom stereocenters. The van der Waals surface area contributed by atoms with Crippen molar-refractivity contribution in [3.8, 4) is 5.75 Å². The number of benzene rings is 1. The van der Waals surface area contributed by atoms with Gasteiger partial charge in [-0.15, -0.1) is 0 Å². The number of hydrogen-bond donors (Lipinski definition) is 1. The van der Waals surface area contributed by atoms with Crippen molar-refractivity contribution in [2.75, 3.05) is 6.54 Å². The second kappa shape index (κ2) is 9.44. The molecular weight excluding hydrogens is 397 g/mol. The summed E-state index contributed by atoms with van der Waals surface area (Å²) in [6, 6.07) is 0. The third-order valence-electron chi connectivity index (χ3n) is 2.96. The fourth-order valence-electron chi connectivity index (χ4n) is 1.98. The Bertz CT molecular complexity index is 650. The number of carbonyl (C=O) groups is 1. The van der Waals surface area contributed by atoms with E-state index in [1.165, 1.54) is 0 Å². The van der Waals surface area contributed by atoms with Crippen molar-refractivity contribution in [1.82, 2.24) is 5.32 Å². The molecule has 6 nitrogen and oxygen atoms in total. The van der Waals surface area contributed by atoms with Crippen molar-refractivity contribution in [2.45, 2.75) is 45.9 Å². The standard InChI is InChI=1S/C15H20F5NO5Si/c1-6(2)24-15(26-27,25-7(3)4)5-21-14(22)23-13-11(19)9(17)8(16)10(18)12(13)20/h6-7H,5H2,1-4,27H3,(H,21,22). The summed E-state index contributed by atoms with van der Waals surface area (Å²) in [5, 5.41) is 2.06. The number of ether oxygens (including phenoxy) is 3. The highest BCUT2D eigenvalue weighted by Gasteiger charge is 2.36. The minimum Gasteiger partial charge on any atom is -0.404 e. The number of halogens is 5. The number of nitrogens with one attached hydrogen (secondary N) is 1. The molecule has 12 heteroatoms. The van der Waals surface area contributed by atoms with Crippen LogP contribution in [0.2, 0.25) is 0 Å². The van der Waals surface area contributed by atoms with E-state index < -0.39 is 53.4 Å². The SMILES string of the molecule is CC(C)OC(CNC(=O)Oc1c(F)c(F)c(F)c(F)c1F)(O[SiH3])OC(C)C.